The van der Waals surface area contributed by atoms with Gasteiger partial charge < -0.3 is 5.73 Å². The van der Waals surface area contributed by atoms with Crippen LogP contribution < -0.4 is 5.73 Å². The number of piperazine rings is 1. The molecule has 0 radical (unpaired) electrons. The van der Waals surface area contributed by atoms with E-state index in [0.717, 1.165) is 94.9 Å². The Labute approximate surface area is 295 Å². The smallest absolute Gasteiger partial charge is 0.150 e. The van der Waals surface area contributed by atoms with Crippen molar-refractivity contribution < 1.29 is 8.78 Å². The van der Waals surface area contributed by atoms with Crippen LogP contribution in [-0.4, -0.2) is 61.4 Å². The summed E-state index contributed by atoms with van der Waals surface area (Å²) in [6.45, 7) is 3.58. The summed E-state index contributed by atoms with van der Waals surface area (Å²) in [5, 5.41) is 1.07. The van der Waals surface area contributed by atoms with Gasteiger partial charge in [-0.3, -0.25) is 14.2 Å². The second-order valence-electron chi connectivity index (χ2n) is 13.7. The maximum absolute atomic E-state index is 13.8. The number of nitrogen functional groups attached to an aromatic ring is 1. The van der Waals surface area contributed by atoms with Gasteiger partial charge >= 0.3 is 0 Å². The fraction of sp³-hybridized carbons (Fsp3) is 0.214. The number of anilines is 1. The SMILES string of the molecule is Nc1nccn2c(C3CC(N4CCN(C(c5ccc(F)cc5)c5ccc(F)cc5)CC4)C3)nc(-c3ccc4ccc(-c5ccccc5)nc4c3)c12. The normalized spacial score (nSPS) is 18.4. The lowest BCUT2D eigenvalue weighted by Crippen LogP contribution is -2.54. The number of aromatic nitrogens is 4. The monoisotopic (exact) mass is 677 g/mol. The van der Waals surface area contributed by atoms with E-state index in [1.165, 1.54) is 24.3 Å². The van der Waals surface area contributed by atoms with E-state index >= 15 is 0 Å². The summed E-state index contributed by atoms with van der Waals surface area (Å²) in [4.78, 5) is 19.7. The van der Waals surface area contributed by atoms with Crippen molar-refractivity contribution in [3.63, 3.8) is 0 Å². The van der Waals surface area contributed by atoms with Crippen LogP contribution >= 0.6 is 0 Å². The fourth-order valence-corrected chi connectivity index (χ4v) is 7.97. The molecular formula is C42H37F2N7. The molecule has 1 saturated heterocycles. The summed E-state index contributed by atoms with van der Waals surface area (Å²) in [5.74, 6) is 1.25. The van der Waals surface area contributed by atoms with Crippen LogP contribution in [0.25, 0.3) is 38.9 Å². The predicted octanol–water partition coefficient (Wildman–Crippen LogP) is 8.13. The molecule has 9 rings (SSSR count). The lowest BCUT2D eigenvalue weighted by molar-refractivity contribution is 0.0393. The van der Waals surface area contributed by atoms with Crippen molar-refractivity contribution in [2.45, 2.75) is 30.8 Å². The van der Waals surface area contributed by atoms with Crippen LogP contribution in [0.1, 0.15) is 41.8 Å². The number of fused-ring (bicyclic) bond motifs is 2. The minimum Gasteiger partial charge on any atom is -0.382 e. The molecule has 2 N–H and O–H groups in total. The van der Waals surface area contributed by atoms with Gasteiger partial charge in [0.15, 0.2) is 0 Å². The van der Waals surface area contributed by atoms with Crippen LogP contribution in [-0.2, 0) is 0 Å². The summed E-state index contributed by atoms with van der Waals surface area (Å²) in [5.41, 5.74) is 14.1. The van der Waals surface area contributed by atoms with Crippen LogP contribution in [0, 0.1) is 11.6 Å². The Balaban J connectivity index is 0.935. The minimum atomic E-state index is -0.260. The third-order valence-electron chi connectivity index (χ3n) is 10.7. The van der Waals surface area contributed by atoms with Crippen LogP contribution in [0.4, 0.5) is 14.6 Å². The van der Waals surface area contributed by atoms with Crippen LogP contribution in [0.15, 0.2) is 122 Å². The molecule has 1 aliphatic carbocycles. The first-order valence-corrected chi connectivity index (χ1v) is 17.6. The van der Waals surface area contributed by atoms with E-state index in [4.69, 9.17) is 15.7 Å². The van der Waals surface area contributed by atoms with Gasteiger partial charge in [0.25, 0.3) is 0 Å². The van der Waals surface area contributed by atoms with E-state index in [-0.39, 0.29) is 17.7 Å². The summed E-state index contributed by atoms with van der Waals surface area (Å²) < 4.78 is 29.8. The van der Waals surface area contributed by atoms with Gasteiger partial charge in [-0.15, -0.1) is 0 Å². The standard InChI is InChI=1S/C42H37F2N7/c43-33-13-8-29(9-14-33)39(30-10-15-34(44)16-11-30)50-22-20-49(21-23-50)35-24-32(25-35)42-48-38(40-41(45)46-18-19-51(40)42)31-7-6-28-12-17-36(47-37(28)26-31)27-4-2-1-3-5-27/h1-19,26,32,35,39H,20-25H2,(H2,45,46). The fourth-order valence-electron chi connectivity index (χ4n) is 7.97. The van der Waals surface area contributed by atoms with E-state index in [1.807, 2.05) is 48.7 Å². The van der Waals surface area contributed by atoms with Gasteiger partial charge in [-0.1, -0.05) is 72.8 Å². The molecule has 2 fully saturated rings. The van der Waals surface area contributed by atoms with E-state index in [9.17, 15) is 8.78 Å². The number of imidazole rings is 1. The molecule has 2 aliphatic rings. The van der Waals surface area contributed by atoms with Crippen molar-refractivity contribution in [2.24, 2.45) is 0 Å². The second kappa shape index (κ2) is 13.0. The molecule has 0 unspecified atom stereocenters. The van der Waals surface area contributed by atoms with Gasteiger partial charge in [0, 0.05) is 67.0 Å². The molecule has 3 aromatic heterocycles. The lowest BCUT2D eigenvalue weighted by Gasteiger charge is -2.47. The second-order valence-corrected chi connectivity index (χ2v) is 13.7. The molecule has 254 valence electrons. The topological polar surface area (TPSA) is 75.6 Å². The van der Waals surface area contributed by atoms with Gasteiger partial charge in [0.1, 0.15) is 34.5 Å². The average Bonchev–Trinajstić information content (AvgIpc) is 3.53. The van der Waals surface area contributed by atoms with Gasteiger partial charge in [0.2, 0.25) is 0 Å². The van der Waals surface area contributed by atoms with Crippen LogP contribution in [0.3, 0.4) is 0 Å². The van der Waals surface area contributed by atoms with Gasteiger partial charge in [-0.25, -0.2) is 23.7 Å². The Bertz CT molecular complexity index is 2280. The zero-order valence-electron chi connectivity index (χ0n) is 28.0. The summed E-state index contributed by atoms with van der Waals surface area (Å²) >= 11 is 0. The molecule has 4 aromatic carbocycles. The zero-order chi connectivity index (χ0) is 34.5. The Hall–Kier alpha value is -5.51. The van der Waals surface area contributed by atoms with Crippen molar-refractivity contribution in [3.8, 4) is 22.5 Å². The molecule has 0 spiro atoms. The first-order chi connectivity index (χ1) is 25.0. The first-order valence-electron chi connectivity index (χ1n) is 17.6. The number of halogens is 2. The molecular weight excluding hydrogens is 641 g/mol. The van der Waals surface area contributed by atoms with E-state index in [1.54, 1.807) is 6.20 Å². The van der Waals surface area contributed by atoms with E-state index in [2.05, 4.69) is 61.6 Å². The predicted molar refractivity (Wildman–Crippen MR) is 197 cm³/mol. The summed E-state index contributed by atoms with van der Waals surface area (Å²) in [6, 6.07) is 34.5. The molecule has 9 heteroatoms. The molecule has 0 bridgehead atoms. The van der Waals surface area contributed by atoms with Gasteiger partial charge in [-0.2, -0.15) is 0 Å². The van der Waals surface area contributed by atoms with E-state index in [0.29, 0.717) is 17.8 Å². The molecule has 0 atom stereocenters. The zero-order valence-corrected chi connectivity index (χ0v) is 28.0. The van der Waals surface area contributed by atoms with Crippen molar-refractivity contribution in [3.05, 3.63) is 150 Å². The highest BCUT2D eigenvalue weighted by Gasteiger charge is 2.39. The molecule has 4 heterocycles. The molecule has 7 aromatic rings. The van der Waals surface area contributed by atoms with Crippen molar-refractivity contribution in [1.29, 1.82) is 0 Å². The molecule has 7 nitrogen and oxygen atoms in total. The Kier molecular flexibility index (Phi) is 8.01. The highest BCUT2D eigenvalue weighted by Crippen LogP contribution is 2.43. The number of hydrogen-bond acceptors (Lipinski definition) is 6. The average molecular weight is 678 g/mol. The first kappa shape index (κ1) is 31.5. The molecule has 51 heavy (non-hydrogen) atoms. The number of nitrogens with zero attached hydrogens (tertiary/aromatic N) is 6. The van der Waals surface area contributed by atoms with Crippen molar-refractivity contribution in [2.75, 3.05) is 31.9 Å². The third kappa shape index (κ3) is 5.92. The number of pyridine rings is 1. The van der Waals surface area contributed by atoms with Gasteiger partial charge in [0.05, 0.1) is 17.3 Å². The van der Waals surface area contributed by atoms with Crippen LogP contribution in [0.2, 0.25) is 0 Å². The lowest BCUT2D eigenvalue weighted by atomic mass is 9.78. The Morgan fingerprint density at radius 3 is 2.06 bits per heavy atom. The summed E-state index contributed by atoms with van der Waals surface area (Å²) in [6.07, 6.45) is 5.75. The minimum absolute atomic E-state index is 0.0634. The van der Waals surface area contributed by atoms with Crippen molar-refractivity contribution >= 4 is 22.2 Å². The maximum atomic E-state index is 13.8. The number of benzene rings is 4. The quantitative estimate of drug-likeness (QED) is 0.184. The van der Waals surface area contributed by atoms with Crippen LogP contribution in [0.5, 0.6) is 0 Å². The number of nitrogens with two attached hydrogens (primary N) is 1. The summed E-state index contributed by atoms with van der Waals surface area (Å²) in [7, 11) is 0. The third-order valence-corrected chi connectivity index (χ3v) is 10.7. The highest BCUT2D eigenvalue weighted by molar-refractivity contribution is 5.91. The van der Waals surface area contributed by atoms with Crippen molar-refractivity contribution in [1.82, 2.24) is 29.2 Å². The van der Waals surface area contributed by atoms with Gasteiger partial charge in [-0.05, 0) is 60.4 Å². The van der Waals surface area contributed by atoms with E-state index < -0.39 is 0 Å². The Morgan fingerprint density at radius 1 is 0.706 bits per heavy atom. The molecule has 0 amide bonds. The highest BCUT2D eigenvalue weighted by atomic mass is 19.1. The molecule has 1 aliphatic heterocycles. The molecule has 1 saturated carbocycles. The number of rotatable bonds is 7. The maximum Gasteiger partial charge on any atom is 0.150 e. The Morgan fingerprint density at radius 2 is 1.37 bits per heavy atom. The number of hydrogen-bond donors (Lipinski definition) is 1. The largest absolute Gasteiger partial charge is 0.382 e.